The molecule has 2 aromatic carbocycles. The number of carbonyl (C=O) groups excluding carboxylic acids is 15. The first-order valence-electron chi connectivity index (χ1n) is 32.5. The van der Waals surface area contributed by atoms with Crippen molar-refractivity contribution in [1.82, 2.24) is 74.4 Å². The van der Waals surface area contributed by atoms with E-state index < -0.39 is 244 Å². The van der Waals surface area contributed by atoms with Crippen molar-refractivity contribution in [3.8, 4) is 0 Å². The molecule has 3 rings (SSSR count). The minimum absolute atomic E-state index is 0.0692. The Hall–Kier alpha value is -12.4. The van der Waals surface area contributed by atoms with Crippen LogP contribution >= 0.6 is 0 Å². The summed E-state index contributed by atoms with van der Waals surface area (Å²) in [7, 11) is 0. The Bertz CT molecular complexity index is 3510. The van der Waals surface area contributed by atoms with Gasteiger partial charge < -0.3 is 117 Å². The van der Waals surface area contributed by atoms with Crippen molar-refractivity contribution < 1.29 is 117 Å². The molecule has 0 unspecified atom stereocenters. The molecule has 0 aliphatic carbocycles. The molecule has 574 valence electrons. The zero-order chi connectivity index (χ0) is 78.6. The molecule has 15 amide bonds. The number of amides is 15. The Morgan fingerprint density at radius 2 is 0.867 bits per heavy atom. The van der Waals surface area contributed by atoms with Crippen LogP contribution in [0.3, 0.4) is 0 Å². The van der Waals surface area contributed by atoms with Gasteiger partial charge in [0.2, 0.25) is 88.6 Å². The van der Waals surface area contributed by atoms with E-state index in [2.05, 4.69) is 63.8 Å². The third kappa shape index (κ3) is 32.9. The van der Waals surface area contributed by atoms with Crippen LogP contribution in [0.5, 0.6) is 0 Å². The topological polar surface area (TPSA) is 696 Å². The van der Waals surface area contributed by atoms with Gasteiger partial charge in [-0.3, -0.25) is 91.7 Å². The number of aliphatic carboxylic acids is 4. The normalized spacial score (nSPS) is 15.0. The monoisotopic (exact) mass is 1480 g/mol. The molecule has 26 N–H and O–H groups in total. The lowest BCUT2D eigenvalue weighted by molar-refractivity contribution is -0.143. The summed E-state index contributed by atoms with van der Waals surface area (Å²) in [5.41, 5.74) is 16.9. The number of carboxylic acids is 4. The first-order valence-corrected chi connectivity index (χ1v) is 32.5. The van der Waals surface area contributed by atoms with Crippen molar-refractivity contribution in [2.45, 2.75) is 164 Å². The number of carbonyl (C=O) groups is 19. The number of carboxylic acid groups (broad SMARTS) is 4. The molecule has 1 aliphatic rings. The molecular formula is C63H88N18O24. The minimum atomic E-state index is -2.26. The number of aliphatic hydroxyl groups is 1. The van der Waals surface area contributed by atoms with Crippen molar-refractivity contribution in [3.63, 3.8) is 0 Å². The van der Waals surface area contributed by atoms with Crippen LogP contribution in [0.2, 0.25) is 0 Å². The van der Waals surface area contributed by atoms with Crippen molar-refractivity contribution in [1.29, 1.82) is 5.41 Å². The highest BCUT2D eigenvalue weighted by Crippen LogP contribution is 2.12. The third-order valence-corrected chi connectivity index (χ3v) is 15.3. The van der Waals surface area contributed by atoms with Crippen LogP contribution in [0.25, 0.3) is 0 Å². The van der Waals surface area contributed by atoms with E-state index in [9.17, 15) is 117 Å². The van der Waals surface area contributed by atoms with Gasteiger partial charge in [-0.05, 0) is 49.1 Å². The van der Waals surface area contributed by atoms with E-state index in [1.54, 1.807) is 60.7 Å². The molecule has 0 bridgehead atoms. The van der Waals surface area contributed by atoms with Gasteiger partial charge in [0, 0.05) is 38.6 Å². The summed E-state index contributed by atoms with van der Waals surface area (Å²) in [4.78, 5) is 248. The smallest absolute Gasteiger partial charge is 0.326 e. The fraction of sp³-hybridized carbons (Fsp3) is 0.492. The fourth-order valence-electron chi connectivity index (χ4n) is 9.94. The van der Waals surface area contributed by atoms with Crippen LogP contribution in [0.1, 0.15) is 95.6 Å². The average Bonchev–Trinajstić information content (AvgIpc) is 1.18. The number of benzene rings is 2. The number of hydrogen-bond donors (Lipinski definition) is 23. The molecule has 1 heterocycles. The summed E-state index contributed by atoms with van der Waals surface area (Å²) < 4.78 is 0. The van der Waals surface area contributed by atoms with Gasteiger partial charge in [0.15, 0.2) is 5.96 Å². The highest BCUT2D eigenvalue weighted by Gasteiger charge is 2.38. The number of aliphatic hydroxyl groups excluding tert-OH is 1. The van der Waals surface area contributed by atoms with Crippen molar-refractivity contribution in [2.75, 3.05) is 26.2 Å². The predicted octanol–water partition coefficient (Wildman–Crippen LogP) is -9.22. The zero-order valence-electron chi connectivity index (χ0n) is 56.9. The van der Waals surface area contributed by atoms with Crippen LogP contribution in [0, 0.1) is 11.3 Å². The quantitative estimate of drug-likeness (QED) is 0.0166. The van der Waals surface area contributed by atoms with Crippen molar-refractivity contribution >= 4 is 118 Å². The molecule has 1 fully saturated rings. The van der Waals surface area contributed by atoms with E-state index in [4.69, 9.17) is 22.6 Å². The van der Waals surface area contributed by atoms with Crippen LogP contribution in [-0.2, 0) is 104 Å². The largest absolute Gasteiger partial charge is 0.481 e. The molecule has 11 atom stereocenters. The molecule has 42 nitrogen and oxygen atoms in total. The molecule has 0 saturated carbocycles. The Kier molecular flexibility index (Phi) is 36.4. The van der Waals surface area contributed by atoms with Gasteiger partial charge in [0.1, 0.15) is 66.5 Å². The van der Waals surface area contributed by atoms with E-state index in [-0.39, 0.29) is 56.9 Å². The second kappa shape index (κ2) is 44.1. The van der Waals surface area contributed by atoms with E-state index in [1.807, 2.05) is 10.6 Å². The van der Waals surface area contributed by atoms with E-state index in [0.29, 0.717) is 11.1 Å². The molecule has 0 aromatic heterocycles. The Labute approximate surface area is 598 Å². The highest BCUT2D eigenvalue weighted by molar-refractivity contribution is 6.02. The molecule has 42 heteroatoms. The number of guanidine groups is 1. The lowest BCUT2D eigenvalue weighted by Gasteiger charge is -2.27. The van der Waals surface area contributed by atoms with Gasteiger partial charge >= 0.3 is 23.9 Å². The van der Waals surface area contributed by atoms with Crippen LogP contribution in [-0.4, -0.2) is 237 Å². The van der Waals surface area contributed by atoms with Crippen molar-refractivity contribution in [3.05, 3.63) is 71.8 Å². The van der Waals surface area contributed by atoms with Gasteiger partial charge in [-0.1, -0.05) is 74.5 Å². The SMILES string of the molecule is CC(C)[C@H](NC(=O)CNC(=O)[C@@H]1CCC(=O)N1)C(=O)N[C@@H](CC(N)=O)C(=O)N[C@@H](CC(=O)O)C(=O)N[C@@H](CC(N)=O)C(=O)N[C@@H](CCC(=O)O)C(=O)N[C@@H](CCC(=O)O)C(=O)NCC(=O)N[C@@H](Cc1ccccc1)C(=O)N[C@@H](Cc1ccccc1)C(=O)N[C@@H](CO)C(=O)N[C@@H](CCCNC(=N)N)C(=O)O. The van der Waals surface area contributed by atoms with Crippen LogP contribution in [0.15, 0.2) is 60.7 Å². The summed E-state index contributed by atoms with van der Waals surface area (Å²) in [6.45, 7) is 0.192. The predicted molar refractivity (Wildman–Crippen MR) is 359 cm³/mol. The standard InChI is InChI=1S/C63H88N18O24/c1-30(2)51(81-47(87)28-70-52(94)33-15-18-45(85)71-33)61(103)79-40(25-44(65)84)58(100)78-41(26-50(92)93)59(101)77-39(24-43(64)83)57(99)74-35(17-20-49(90)91)54(96)73-34(16-19-48(88)89)53(95)69-27-46(86)72-37(22-31-10-5-3-6-11-31)55(97)76-38(23-32-12-7-4-8-13-32)56(98)80-42(29-82)60(102)75-36(62(104)105)14-9-21-68-63(66)67/h3-8,10-13,30,33-42,51,82H,9,14-29H2,1-2H3,(H2,64,83)(H2,65,84)(H,69,95)(H,70,94)(H,71,85)(H,72,86)(H,73,96)(H,74,99)(H,75,102)(H,76,97)(H,77,101)(H,78,100)(H,79,103)(H,80,98)(H,81,87)(H,88,89)(H,90,91)(H,92,93)(H,104,105)(H4,66,67,68)/t33-,34-,35-,36-,37-,38-,39-,40-,41-,42-,51-/m0/s1. The van der Waals surface area contributed by atoms with Gasteiger partial charge in [0.25, 0.3) is 0 Å². The van der Waals surface area contributed by atoms with Gasteiger partial charge in [-0.2, -0.15) is 0 Å². The third-order valence-electron chi connectivity index (χ3n) is 15.3. The van der Waals surface area contributed by atoms with Gasteiger partial charge in [-0.25, -0.2) is 4.79 Å². The molecule has 2 aromatic rings. The summed E-state index contributed by atoms with van der Waals surface area (Å²) in [5, 5.41) is 87.8. The Morgan fingerprint density at radius 1 is 0.467 bits per heavy atom. The maximum atomic E-state index is 14.4. The fourth-order valence-corrected chi connectivity index (χ4v) is 9.94. The van der Waals surface area contributed by atoms with Crippen LogP contribution < -0.4 is 91.6 Å². The number of primary amides is 2. The summed E-state index contributed by atoms with van der Waals surface area (Å²) in [6, 6.07) is -3.46. The molecular weight excluding hydrogens is 1390 g/mol. The molecule has 0 spiro atoms. The zero-order valence-corrected chi connectivity index (χ0v) is 56.9. The second-order valence-corrected chi connectivity index (χ2v) is 24.2. The number of nitrogens with two attached hydrogens (primary N) is 3. The van der Waals surface area contributed by atoms with Crippen LogP contribution in [0.4, 0.5) is 0 Å². The second-order valence-electron chi connectivity index (χ2n) is 24.2. The Balaban J connectivity index is 1.86. The maximum Gasteiger partial charge on any atom is 0.326 e. The minimum Gasteiger partial charge on any atom is -0.481 e. The summed E-state index contributed by atoms with van der Waals surface area (Å²) in [6.07, 6.45) is -7.34. The molecule has 1 aliphatic heterocycles. The van der Waals surface area contributed by atoms with E-state index in [1.165, 1.54) is 13.8 Å². The van der Waals surface area contributed by atoms with Crippen molar-refractivity contribution in [2.24, 2.45) is 23.1 Å². The number of rotatable bonds is 47. The lowest BCUT2D eigenvalue weighted by Crippen LogP contribution is -2.61. The average molecular weight is 1480 g/mol. The maximum absolute atomic E-state index is 14.4. The summed E-state index contributed by atoms with van der Waals surface area (Å²) in [5.74, 6) is -24.9. The highest BCUT2D eigenvalue weighted by atomic mass is 16.4. The number of nitrogens with one attached hydrogen (secondary N) is 15. The van der Waals surface area contributed by atoms with Gasteiger partial charge in [-0.15, -0.1) is 0 Å². The van der Waals surface area contributed by atoms with Gasteiger partial charge in [0.05, 0.1) is 39.0 Å². The van der Waals surface area contributed by atoms with E-state index >= 15 is 0 Å². The first-order chi connectivity index (χ1) is 49.5. The molecule has 1 saturated heterocycles. The lowest BCUT2D eigenvalue weighted by atomic mass is 10.0. The Morgan fingerprint density at radius 3 is 1.30 bits per heavy atom. The van der Waals surface area contributed by atoms with E-state index in [0.717, 1.165) is 0 Å². The molecule has 0 radical (unpaired) electrons. The first kappa shape index (κ1) is 86.8. The molecule has 105 heavy (non-hydrogen) atoms. The summed E-state index contributed by atoms with van der Waals surface area (Å²) >= 11 is 0. The number of hydrogen-bond acceptors (Lipinski definition) is 21.